The molecule has 0 spiro atoms. The van der Waals surface area contributed by atoms with Gasteiger partial charge in [-0.2, -0.15) is 0 Å². The summed E-state index contributed by atoms with van der Waals surface area (Å²) in [6.07, 6.45) is 6.36. The van der Waals surface area contributed by atoms with E-state index < -0.39 is 0 Å². The molecule has 11 aromatic rings. The van der Waals surface area contributed by atoms with E-state index in [2.05, 4.69) is 261 Å². The largest absolute Gasteiger partial charge is 0.500 e. The second kappa shape index (κ2) is 22.9. The maximum Gasteiger partial charge on any atom is 0.124 e. The van der Waals surface area contributed by atoms with Crippen molar-refractivity contribution in [3.8, 4) is 61.8 Å². The molecule has 0 fully saturated rings. The first-order chi connectivity index (χ1) is 39.7. The zero-order valence-electron chi connectivity index (χ0n) is 53.2. The maximum absolute atomic E-state index is 6.98. The van der Waals surface area contributed by atoms with Crippen molar-refractivity contribution in [2.45, 2.75) is 169 Å². The number of para-hydroxylation sites is 2. The molecule has 0 unspecified atom stereocenters. The molecule has 1 radical (unpaired) electrons. The van der Waals surface area contributed by atoms with Gasteiger partial charge in [0.25, 0.3) is 0 Å². The molecule has 437 valence electrons. The minimum absolute atomic E-state index is 0. The summed E-state index contributed by atoms with van der Waals surface area (Å²) < 4.78 is 9.37. The summed E-state index contributed by atoms with van der Waals surface area (Å²) in [4.78, 5) is 15.0. The Morgan fingerprint density at radius 3 is 1.68 bits per heavy atom. The fourth-order valence-electron chi connectivity index (χ4n) is 12.2. The van der Waals surface area contributed by atoms with Crippen LogP contribution in [0.2, 0.25) is 0 Å². The van der Waals surface area contributed by atoms with Gasteiger partial charge in [-0.15, -0.1) is 54.1 Å². The number of fused-ring (bicyclic) bond motifs is 5. The number of benzene rings is 7. The minimum atomic E-state index is -0.00914. The number of pyridine rings is 2. The van der Waals surface area contributed by atoms with Crippen LogP contribution in [0.1, 0.15) is 181 Å². The summed E-state index contributed by atoms with van der Waals surface area (Å²) in [6.45, 7) is 39.1. The summed E-state index contributed by atoms with van der Waals surface area (Å²) >= 11 is 0. The van der Waals surface area contributed by atoms with Gasteiger partial charge in [0.1, 0.15) is 5.58 Å². The molecule has 7 aromatic carbocycles. The Morgan fingerprint density at radius 2 is 1.09 bits per heavy atom. The molecule has 1 aliphatic carbocycles. The summed E-state index contributed by atoms with van der Waals surface area (Å²) in [6, 6.07) is 61.9. The number of furan rings is 1. The van der Waals surface area contributed by atoms with Crippen molar-refractivity contribution < 1.29 is 24.5 Å². The van der Waals surface area contributed by atoms with Gasteiger partial charge in [0.05, 0.1) is 28.1 Å². The summed E-state index contributed by atoms with van der Waals surface area (Å²) in [5, 5.41) is 1.98. The SMILES string of the molecule is CC(C)(C)c1ccc(-c2[c-]cccc2)nc1.CC(C)c1cc(-c2ccc(-c3ccc4c(c3)C(C)(C)CCC4(C)C)cc2)cc(C(C)C)c1-n1c(-c2[c-]ccc3c2oc2cc(-c4cc(C(C)(C)C)cc(C(C)(C)C)c4)ncc23)nc2ccccc21.[Ir]. The Kier molecular flexibility index (Phi) is 16.4. The van der Waals surface area contributed by atoms with Gasteiger partial charge < -0.3 is 14.0 Å². The van der Waals surface area contributed by atoms with Crippen LogP contribution in [-0.2, 0) is 47.2 Å². The van der Waals surface area contributed by atoms with Crippen LogP contribution in [0.4, 0.5) is 0 Å². The van der Waals surface area contributed by atoms with Crippen LogP contribution >= 0.6 is 0 Å². The quantitative estimate of drug-likeness (QED) is 0.142. The molecule has 0 atom stereocenters. The van der Waals surface area contributed by atoms with E-state index in [-0.39, 0.29) is 59.0 Å². The normalized spacial score (nSPS) is 14.2. The van der Waals surface area contributed by atoms with Crippen molar-refractivity contribution in [3.63, 3.8) is 0 Å². The monoisotopic (exact) mass is 1300 g/mol. The van der Waals surface area contributed by atoms with Crippen molar-refractivity contribution in [2.24, 2.45) is 0 Å². The van der Waals surface area contributed by atoms with Crippen LogP contribution < -0.4 is 0 Å². The third-order valence-corrected chi connectivity index (χ3v) is 17.7. The number of nitrogens with zero attached hydrogens (tertiary/aromatic N) is 4. The zero-order chi connectivity index (χ0) is 59.8. The zero-order valence-corrected chi connectivity index (χ0v) is 55.6. The van der Waals surface area contributed by atoms with Gasteiger partial charge in [0, 0.05) is 55.2 Å². The predicted octanol–water partition coefficient (Wildman–Crippen LogP) is 21.8. The maximum atomic E-state index is 6.98. The molecule has 4 aromatic heterocycles. The predicted molar refractivity (Wildman–Crippen MR) is 355 cm³/mol. The molecule has 0 saturated heterocycles. The minimum Gasteiger partial charge on any atom is -0.500 e. The fraction of sp³-hybridized carbons (Fsp3) is 0.329. The topological polar surface area (TPSA) is 56.7 Å². The van der Waals surface area contributed by atoms with E-state index in [4.69, 9.17) is 14.4 Å². The van der Waals surface area contributed by atoms with E-state index in [9.17, 15) is 0 Å². The van der Waals surface area contributed by atoms with Gasteiger partial charge >= 0.3 is 0 Å². The Morgan fingerprint density at radius 1 is 0.506 bits per heavy atom. The summed E-state index contributed by atoms with van der Waals surface area (Å²) in [5.74, 6) is 1.27. The number of aromatic nitrogens is 4. The Balaban J connectivity index is 0.000000408. The molecule has 85 heavy (non-hydrogen) atoms. The first-order valence-electron chi connectivity index (χ1n) is 30.4. The van der Waals surface area contributed by atoms with Gasteiger partial charge in [-0.25, -0.2) is 0 Å². The van der Waals surface area contributed by atoms with Crippen molar-refractivity contribution in [1.29, 1.82) is 0 Å². The number of imidazole rings is 1. The molecule has 6 heteroatoms. The van der Waals surface area contributed by atoms with Crippen LogP contribution in [0.3, 0.4) is 0 Å². The van der Waals surface area contributed by atoms with Gasteiger partial charge in [-0.05, 0) is 155 Å². The Labute approximate surface area is 520 Å². The summed E-state index contributed by atoms with van der Waals surface area (Å²) in [7, 11) is 0. The molecule has 12 rings (SSSR count). The number of hydrogen-bond donors (Lipinski definition) is 0. The molecular formula is C79H84IrN4O-2. The molecule has 0 amide bonds. The smallest absolute Gasteiger partial charge is 0.124 e. The van der Waals surface area contributed by atoms with Crippen molar-refractivity contribution in [3.05, 3.63) is 215 Å². The second-order valence-electron chi connectivity index (χ2n) is 28.7. The Bertz CT molecular complexity index is 4170. The van der Waals surface area contributed by atoms with E-state index in [1.54, 1.807) is 0 Å². The molecule has 0 bridgehead atoms. The third kappa shape index (κ3) is 12.0. The van der Waals surface area contributed by atoms with Gasteiger partial charge in [0.2, 0.25) is 0 Å². The third-order valence-electron chi connectivity index (χ3n) is 17.7. The van der Waals surface area contributed by atoms with Crippen LogP contribution in [0.25, 0.3) is 94.8 Å². The molecule has 0 N–H and O–H groups in total. The summed E-state index contributed by atoms with van der Waals surface area (Å²) in [5.41, 5.74) is 24.5. The first kappa shape index (κ1) is 60.9. The number of rotatable bonds is 8. The molecule has 5 nitrogen and oxygen atoms in total. The molecule has 0 saturated carbocycles. The fourth-order valence-corrected chi connectivity index (χ4v) is 12.2. The van der Waals surface area contributed by atoms with Crippen molar-refractivity contribution in [1.82, 2.24) is 19.5 Å². The van der Waals surface area contributed by atoms with Crippen LogP contribution in [0.5, 0.6) is 0 Å². The van der Waals surface area contributed by atoms with E-state index in [1.165, 1.54) is 79.7 Å². The van der Waals surface area contributed by atoms with Gasteiger partial charge in [0.15, 0.2) is 0 Å². The van der Waals surface area contributed by atoms with E-state index in [0.717, 1.165) is 66.9 Å². The van der Waals surface area contributed by atoms with Gasteiger partial charge in [-0.3, -0.25) is 9.97 Å². The van der Waals surface area contributed by atoms with E-state index in [1.807, 2.05) is 42.7 Å². The van der Waals surface area contributed by atoms with Gasteiger partial charge in [-0.1, -0.05) is 201 Å². The van der Waals surface area contributed by atoms with E-state index in [0.29, 0.717) is 0 Å². The second-order valence-corrected chi connectivity index (χ2v) is 28.7. The van der Waals surface area contributed by atoms with Crippen molar-refractivity contribution in [2.75, 3.05) is 0 Å². The Hall–Kier alpha value is -7.24. The van der Waals surface area contributed by atoms with Crippen molar-refractivity contribution >= 4 is 33.0 Å². The standard InChI is InChI=1S/C64H68N3O.C15H16N.Ir/c1-38(2)49-32-43(41-24-22-40(23-25-41)42-26-27-52-53(34-42)64(13,14)29-28-63(52,11)12)33-50(39(3)4)58(49)67-56-21-16-15-20-54(56)66-60(67)48-19-17-18-47-51-37-65-55(36-57(51)68-59(47)48)44-30-45(61(5,6)7)35-46(31-44)62(8,9)10;1-15(2,3)13-9-10-14(16-11-13)12-7-5-4-6-8-12;/h15-18,20-27,30-39H,28-29H2,1-14H3;4-7,9-11H,1-3H3;/q2*-1;. The number of hydrogen-bond acceptors (Lipinski definition) is 4. The molecule has 1 aliphatic rings. The van der Waals surface area contributed by atoms with Crippen LogP contribution in [0.15, 0.2) is 168 Å². The van der Waals surface area contributed by atoms with E-state index >= 15 is 0 Å². The molecule has 4 heterocycles. The van der Waals surface area contributed by atoms with Crippen LogP contribution in [-0.4, -0.2) is 19.5 Å². The molecular weight excluding hydrogens is 1210 g/mol. The van der Waals surface area contributed by atoms with Crippen LogP contribution in [0, 0.1) is 12.1 Å². The first-order valence-corrected chi connectivity index (χ1v) is 30.4. The average Bonchev–Trinajstić information content (AvgIpc) is 2.25. The molecule has 0 aliphatic heterocycles. The average molecular weight is 1300 g/mol.